The lowest BCUT2D eigenvalue weighted by Crippen LogP contribution is -2.33. The highest BCUT2D eigenvalue weighted by Gasteiger charge is 2.30. The smallest absolute Gasteiger partial charge is 0.308 e. The molecule has 0 heterocycles. The van der Waals surface area contributed by atoms with Crippen LogP contribution in [0, 0.1) is 27.6 Å². The first kappa shape index (κ1) is 16.9. The third-order valence-corrected chi connectivity index (χ3v) is 2.83. The Balaban J connectivity index is 3.34. The van der Waals surface area contributed by atoms with E-state index in [1.165, 1.54) is 4.90 Å². The van der Waals surface area contributed by atoms with Crippen LogP contribution >= 0.6 is 0 Å². The molecule has 0 aliphatic rings. The van der Waals surface area contributed by atoms with Gasteiger partial charge in [0.15, 0.2) is 5.82 Å². The molecule has 1 rings (SSSR count). The molecule has 0 aliphatic heterocycles. The Hall–Kier alpha value is -2.12. The molecule has 0 bridgehead atoms. The quantitative estimate of drug-likeness (QED) is 0.460. The van der Waals surface area contributed by atoms with Crippen molar-refractivity contribution in [2.75, 3.05) is 13.1 Å². The summed E-state index contributed by atoms with van der Waals surface area (Å²) in [6.07, 6.45) is 1.16. The van der Waals surface area contributed by atoms with Gasteiger partial charge >= 0.3 is 5.69 Å². The minimum atomic E-state index is -2.01. The lowest BCUT2D eigenvalue weighted by molar-refractivity contribution is -0.387. The van der Waals surface area contributed by atoms with Crippen molar-refractivity contribution < 1.29 is 22.9 Å². The molecule has 5 nitrogen and oxygen atoms in total. The molecule has 21 heavy (non-hydrogen) atoms. The molecular weight excluding hydrogens is 289 g/mol. The maximum atomic E-state index is 13.7. The van der Waals surface area contributed by atoms with Gasteiger partial charge in [-0.3, -0.25) is 14.9 Å². The predicted octanol–water partition coefficient (Wildman–Crippen LogP) is 3.27. The summed E-state index contributed by atoms with van der Waals surface area (Å²) in [7, 11) is 0. The molecule has 0 spiro atoms. The molecule has 0 fully saturated rings. The van der Waals surface area contributed by atoms with Crippen LogP contribution in [-0.4, -0.2) is 28.8 Å². The number of carbonyl (C=O) groups excluding carboxylic acids is 1. The van der Waals surface area contributed by atoms with E-state index in [0.29, 0.717) is 32.0 Å². The molecule has 1 aromatic carbocycles. The predicted molar refractivity (Wildman–Crippen MR) is 69.5 cm³/mol. The van der Waals surface area contributed by atoms with Crippen LogP contribution in [0.1, 0.15) is 37.0 Å². The Kier molecular flexibility index (Phi) is 5.69. The molecule has 0 N–H and O–H groups in total. The fourth-order valence-corrected chi connectivity index (χ4v) is 1.90. The van der Waals surface area contributed by atoms with Crippen molar-refractivity contribution in [2.24, 2.45) is 0 Å². The van der Waals surface area contributed by atoms with E-state index in [-0.39, 0.29) is 0 Å². The summed E-state index contributed by atoms with van der Waals surface area (Å²) in [5, 5.41) is 10.6. The van der Waals surface area contributed by atoms with Gasteiger partial charge in [-0.2, -0.15) is 4.39 Å². The molecule has 0 atom stereocenters. The molecular formula is C13H15F3N2O3. The summed E-state index contributed by atoms with van der Waals surface area (Å²) < 4.78 is 40.4. The van der Waals surface area contributed by atoms with Crippen LogP contribution in [0.3, 0.4) is 0 Å². The molecule has 1 amide bonds. The van der Waals surface area contributed by atoms with Crippen LogP contribution in [0.5, 0.6) is 0 Å². The molecule has 116 valence electrons. The Morgan fingerprint density at radius 2 is 1.67 bits per heavy atom. The normalized spacial score (nSPS) is 10.5. The lowest BCUT2D eigenvalue weighted by atomic mass is 10.1. The Morgan fingerprint density at radius 3 is 2.10 bits per heavy atom. The van der Waals surface area contributed by atoms with Crippen LogP contribution in [0.2, 0.25) is 0 Å². The number of carbonyl (C=O) groups is 1. The Labute approximate surface area is 119 Å². The topological polar surface area (TPSA) is 63.5 Å². The van der Waals surface area contributed by atoms with Gasteiger partial charge in [-0.05, 0) is 12.8 Å². The number of nitrogens with zero attached hydrogens (tertiary/aromatic N) is 2. The first-order valence-electron chi connectivity index (χ1n) is 6.46. The average Bonchev–Trinajstić information content (AvgIpc) is 2.44. The summed E-state index contributed by atoms with van der Waals surface area (Å²) in [5.41, 5.74) is -2.09. The number of benzene rings is 1. The van der Waals surface area contributed by atoms with Gasteiger partial charge in [-0.15, -0.1) is 0 Å². The maximum absolute atomic E-state index is 13.7. The number of hydrogen-bond acceptors (Lipinski definition) is 3. The fourth-order valence-electron chi connectivity index (χ4n) is 1.90. The lowest BCUT2D eigenvalue weighted by Gasteiger charge is -2.21. The van der Waals surface area contributed by atoms with Gasteiger partial charge in [-0.1, -0.05) is 13.8 Å². The van der Waals surface area contributed by atoms with E-state index < -0.39 is 39.5 Å². The number of nitro benzene ring substituents is 1. The molecule has 0 saturated heterocycles. The first-order chi connectivity index (χ1) is 9.84. The molecule has 8 heteroatoms. The van der Waals surface area contributed by atoms with E-state index in [9.17, 15) is 28.1 Å². The highest BCUT2D eigenvalue weighted by atomic mass is 19.2. The number of halogens is 3. The fraction of sp³-hybridized carbons (Fsp3) is 0.462. The third-order valence-electron chi connectivity index (χ3n) is 2.83. The Morgan fingerprint density at radius 1 is 1.14 bits per heavy atom. The second-order valence-corrected chi connectivity index (χ2v) is 4.43. The molecule has 0 unspecified atom stereocenters. The zero-order valence-electron chi connectivity index (χ0n) is 11.7. The molecule has 0 radical (unpaired) electrons. The van der Waals surface area contributed by atoms with Gasteiger partial charge in [0.1, 0.15) is 0 Å². The third kappa shape index (κ3) is 3.50. The van der Waals surface area contributed by atoms with Crippen molar-refractivity contribution in [1.29, 1.82) is 0 Å². The number of hydrogen-bond donors (Lipinski definition) is 0. The molecule has 0 aromatic heterocycles. The van der Waals surface area contributed by atoms with Crippen LogP contribution in [0.25, 0.3) is 0 Å². The number of amides is 1. The van der Waals surface area contributed by atoms with Crippen LogP contribution in [0.4, 0.5) is 18.9 Å². The van der Waals surface area contributed by atoms with E-state index in [2.05, 4.69) is 0 Å². The van der Waals surface area contributed by atoms with Gasteiger partial charge in [0.05, 0.1) is 10.5 Å². The van der Waals surface area contributed by atoms with E-state index in [1.807, 2.05) is 0 Å². The Bertz CT molecular complexity index is 558. The van der Waals surface area contributed by atoms with Crippen LogP contribution in [-0.2, 0) is 0 Å². The van der Waals surface area contributed by atoms with E-state index in [1.54, 1.807) is 13.8 Å². The molecule has 0 saturated carbocycles. The second-order valence-electron chi connectivity index (χ2n) is 4.43. The summed E-state index contributed by atoms with van der Waals surface area (Å²) in [4.78, 5) is 22.8. The van der Waals surface area contributed by atoms with Crippen molar-refractivity contribution in [2.45, 2.75) is 26.7 Å². The van der Waals surface area contributed by atoms with Crippen molar-refractivity contribution >= 4 is 11.6 Å². The molecule has 1 aromatic rings. The van der Waals surface area contributed by atoms with Crippen molar-refractivity contribution in [3.05, 3.63) is 39.2 Å². The highest BCUT2D eigenvalue weighted by Crippen LogP contribution is 2.26. The average molecular weight is 304 g/mol. The highest BCUT2D eigenvalue weighted by molar-refractivity contribution is 5.95. The zero-order valence-corrected chi connectivity index (χ0v) is 11.7. The maximum Gasteiger partial charge on any atom is 0.308 e. The monoisotopic (exact) mass is 304 g/mol. The van der Waals surface area contributed by atoms with Crippen LogP contribution in [0.15, 0.2) is 6.07 Å². The van der Waals surface area contributed by atoms with Gasteiger partial charge in [0.25, 0.3) is 5.91 Å². The van der Waals surface area contributed by atoms with Crippen molar-refractivity contribution in [3.8, 4) is 0 Å². The van der Waals surface area contributed by atoms with Crippen LogP contribution < -0.4 is 0 Å². The standard InChI is InChI=1S/C13H15F3N2O3/c1-3-5-17(6-4-2)13(19)8-7-9(18(20)21)11(15)12(16)10(8)14/h7H,3-6H2,1-2H3. The minimum absolute atomic E-state index is 0.291. The zero-order chi connectivity index (χ0) is 16.2. The SMILES string of the molecule is CCCN(CCC)C(=O)c1cc([N+](=O)[O-])c(F)c(F)c1F. The van der Waals surface area contributed by atoms with Gasteiger partial charge in [-0.25, -0.2) is 8.78 Å². The summed E-state index contributed by atoms with van der Waals surface area (Å²) >= 11 is 0. The largest absolute Gasteiger partial charge is 0.339 e. The van der Waals surface area contributed by atoms with Gasteiger partial charge in [0.2, 0.25) is 11.6 Å². The van der Waals surface area contributed by atoms with E-state index in [0.717, 1.165) is 0 Å². The number of rotatable bonds is 6. The van der Waals surface area contributed by atoms with E-state index in [4.69, 9.17) is 0 Å². The first-order valence-corrected chi connectivity index (χ1v) is 6.46. The van der Waals surface area contributed by atoms with Gasteiger partial charge < -0.3 is 4.90 Å². The van der Waals surface area contributed by atoms with Gasteiger partial charge in [0, 0.05) is 19.2 Å². The second kappa shape index (κ2) is 7.05. The van der Waals surface area contributed by atoms with E-state index >= 15 is 0 Å². The molecule has 0 aliphatic carbocycles. The minimum Gasteiger partial charge on any atom is -0.339 e. The van der Waals surface area contributed by atoms with Crippen molar-refractivity contribution in [1.82, 2.24) is 4.90 Å². The summed E-state index contributed by atoms with van der Waals surface area (Å²) in [5.74, 6) is -6.52. The summed E-state index contributed by atoms with van der Waals surface area (Å²) in [6, 6.07) is 0.439. The number of nitro groups is 1. The van der Waals surface area contributed by atoms with Crippen molar-refractivity contribution in [3.63, 3.8) is 0 Å². The summed E-state index contributed by atoms with van der Waals surface area (Å²) in [6.45, 7) is 4.16.